The Morgan fingerprint density at radius 2 is 1.63 bits per heavy atom. The lowest BCUT2D eigenvalue weighted by molar-refractivity contribution is -0.149. The third-order valence-electron chi connectivity index (χ3n) is 8.23. The van der Waals surface area contributed by atoms with Crippen LogP contribution in [0.15, 0.2) is 48.5 Å². The van der Waals surface area contributed by atoms with E-state index >= 15 is 0 Å². The molecule has 35 heavy (non-hydrogen) atoms. The molecule has 184 valence electrons. The molecule has 2 saturated carbocycles. The van der Waals surface area contributed by atoms with Gasteiger partial charge in [0.2, 0.25) is 5.91 Å². The van der Waals surface area contributed by atoms with Crippen molar-refractivity contribution in [3.8, 4) is 11.1 Å². The number of hydrogen-bond acceptors (Lipinski definition) is 4. The van der Waals surface area contributed by atoms with Gasteiger partial charge in [0.15, 0.2) is 0 Å². The Kier molecular flexibility index (Phi) is 6.26. The molecule has 0 aliphatic heterocycles. The van der Waals surface area contributed by atoms with E-state index in [1.165, 1.54) is 22.3 Å². The highest BCUT2D eigenvalue weighted by molar-refractivity contribution is 5.82. The zero-order valence-corrected chi connectivity index (χ0v) is 20.0. The van der Waals surface area contributed by atoms with E-state index in [1.54, 1.807) is 6.92 Å². The number of amides is 2. The Labute approximate surface area is 205 Å². The molecular weight excluding hydrogens is 444 g/mol. The molecule has 2 aromatic carbocycles. The summed E-state index contributed by atoms with van der Waals surface area (Å²) >= 11 is 0. The average molecular weight is 477 g/mol. The SMILES string of the molecule is CC1(C(=O)O)CCCC1NC(=O)[C@H]1CC[C@@H](NC(=O)OCC2c3ccccc3-c3ccccc32)C1. The van der Waals surface area contributed by atoms with Gasteiger partial charge in [-0.25, -0.2) is 4.79 Å². The molecule has 0 spiro atoms. The number of carboxylic acids is 1. The Hall–Kier alpha value is -3.35. The summed E-state index contributed by atoms with van der Waals surface area (Å²) in [5, 5.41) is 15.5. The fourth-order valence-electron chi connectivity index (χ4n) is 6.10. The molecule has 0 aromatic heterocycles. The van der Waals surface area contributed by atoms with Crippen molar-refractivity contribution in [2.45, 2.75) is 63.5 Å². The van der Waals surface area contributed by atoms with Gasteiger partial charge in [-0.15, -0.1) is 0 Å². The first kappa shape index (κ1) is 23.4. The number of carbonyl (C=O) groups is 3. The minimum Gasteiger partial charge on any atom is -0.481 e. The molecule has 2 aromatic rings. The van der Waals surface area contributed by atoms with E-state index in [-0.39, 0.29) is 36.4 Å². The maximum absolute atomic E-state index is 12.8. The Bertz CT molecular complexity index is 1100. The lowest BCUT2D eigenvalue weighted by atomic mass is 9.84. The molecule has 0 bridgehead atoms. The van der Waals surface area contributed by atoms with Crippen molar-refractivity contribution in [1.29, 1.82) is 0 Å². The Morgan fingerprint density at radius 1 is 0.971 bits per heavy atom. The number of nitrogens with one attached hydrogen (secondary N) is 2. The van der Waals surface area contributed by atoms with Crippen molar-refractivity contribution >= 4 is 18.0 Å². The number of alkyl carbamates (subject to hydrolysis) is 1. The topological polar surface area (TPSA) is 105 Å². The van der Waals surface area contributed by atoms with E-state index in [1.807, 2.05) is 24.3 Å². The van der Waals surface area contributed by atoms with Gasteiger partial charge < -0.3 is 20.5 Å². The predicted octanol–water partition coefficient (Wildman–Crippen LogP) is 4.45. The highest BCUT2D eigenvalue weighted by Crippen LogP contribution is 2.44. The highest BCUT2D eigenvalue weighted by atomic mass is 16.5. The molecule has 5 rings (SSSR count). The third-order valence-corrected chi connectivity index (χ3v) is 8.23. The summed E-state index contributed by atoms with van der Waals surface area (Å²) in [6.45, 7) is 1.97. The van der Waals surface area contributed by atoms with Gasteiger partial charge in [-0.2, -0.15) is 0 Å². The minimum atomic E-state index is -0.910. The van der Waals surface area contributed by atoms with Crippen LogP contribution in [0.3, 0.4) is 0 Å². The molecule has 2 fully saturated rings. The quantitative estimate of drug-likeness (QED) is 0.571. The van der Waals surface area contributed by atoms with Gasteiger partial charge >= 0.3 is 12.1 Å². The van der Waals surface area contributed by atoms with Gasteiger partial charge in [-0.05, 0) is 61.3 Å². The Morgan fingerprint density at radius 3 is 2.29 bits per heavy atom. The van der Waals surface area contributed by atoms with Crippen LogP contribution in [-0.4, -0.2) is 41.8 Å². The van der Waals surface area contributed by atoms with Gasteiger partial charge in [0.05, 0.1) is 5.41 Å². The van der Waals surface area contributed by atoms with E-state index < -0.39 is 17.5 Å². The molecule has 2 amide bonds. The molecule has 7 heteroatoms. The van der Waals surface area contributed by atoms with Crippen molar-refractivity contribution in [3.63, 3.8) is 0 Å². The first-order valence-electron chi connectivity index (χ1n) is 12.5. The molecule has 2 unspecified atom stereocenters. The number of benzene rings is 2. The first-order chi connectivity index (χ1) is 16.9. The normalized spacial score (nSPS) is 27.2. The van der Waals surface area contributed by atoms with Crippen molar-refractivity contribution in [2.75, 3.05) is 6.61 Å². The number of rotatable bonds is 6. The fourth-order valence-corrected chi connectivity index (χ4v) is 6.10. The van der Waals surface area contributed by atoms with Crippen LogP contribution in [0.4, 0.5) is 4.79 Å². The van der Waals surface area contributed by atoms with Gasteiger partial charge in [0, 0.05) is 23.9 Å². The van der Waals surface area contributed by atoms with Crippen LogP contribution in [0, 0.1) is 11.3 Å². The number of aliphatic carboxylic acids is 1. The number of hydrogen-bond donors (Lipinski definition) is 3. The summed E-state index contributed by atoms with van der Waals surface area (Å²) in [5.41, 5.74) is 3.79. The minimum absolute atomic E-state index is 0.00483. The van der Waals surface area contributed by atoms with E-state index in [4.69, 9.17) is 4.74 Å². The summed E-state index contributed by atoms with van der Waals surface area (Å²) in [7, 11) is 0. The smallest absolute Gasteiger partial charge is 0.407 e. The fraction of sp³-hybridized carbons (Fsp3) is 0.464. The van der Waals surface area contributed by atoms with Crippen LogP contribution in [-0.2, 0) is 14.3 Å². The molecular formula is C28H32N2O5. The number of fused-ring (bicyclic) bond motifs is 3. The zero-order chi connectivity index (χ0) is 24.6. The van der Waals surface area contributed by atoms with Crippen LogP contribution in [0.1, 0.15) is 62.5 Å². The van der Waals surface area contributed by atoms with Gasteiger partial charge in [-0.3, -0.25) is 9.59 Å². The Balaban J connectivity index is 1.13. The summed E-state index contributed by atoms with van der Waals surface area (Å²) in [5.74, 6) is -1.19. The van der Waals surface area contributed by atoms with E-state index in [0.717, 1.165) is 6.42 Å². The van der Waals surface area contributed by atoms with Crippen LogP contribution in [0.2, 0.25) is 0 Å². The molecule has 0 radical (unpaired) electrons. The largest absolute Gasteiger partial charge is 0.481 e. The van der Waals surface area contributed by atoms with Gasteiger partial charge in [0.25, 0.3) is 0 Å². The van der Waals surface area contributed by atoms with Crippen LogP contribution >= 0.6 is 0 Å². The summed E-state index contributed by atoms with van der Waals surface area (Å²) < 4.78 is 5.64. The third kappa shape index (κ3) is 4.40. The number of carboxylic acid groups (broad SMARTS) is 1. The molecule has 3 aliphatic carbocycles. The molecule has 3 N–H and O–H groups in total. The zero-order valence-electron chi connectivity index (χ0n) is 20.0. The molecule has 3 aliphatic rings. The van der Waals surface area contributed by atoms with Crippen molar-refractivity contribution in [2.24, 2.45) is 11.3 Å². The van der Waals surface area contributed by atoms with Crippen LogP contribution in [0.25, 0.3) is 11.1 Å². The average Bonchev–Trinajstić information content (AvgIpc) is 3.55. The maximum Gasteiger partial charge on any atom is 0.407 e. The second-order valence-corrected chi connectivity index (χ2v) is 10.4. The number of carbonyl (C=O) groups excluding carboxylic acids is 2. The predicted molar refractivity (Wildman–Crippen MR) is 131 cm³/mol. The molecule has 0 saturated heterocycles. The second-order valence-electron chi connectivity index (χ2n) is 10.4. The molecule has 7 nitrogen and oxygen atoms in total. The highest BCUT2D eigenvalue weighted by Gasteiger charge is 2.46. The lowest BCUT2D eigenvalue weighted by Crippen LogP contribution is -2.48. The van der Waals surface area contributed by atoms with E-state index in [0.29, 0.717) is 32.1 Å². The first-order valence-corrected chi connectivity index (χ1v) is 12.5. The van der Waals surface area contributed by atoms with Crippen LogP contribution in [0.5, 0.6) is 0 Å². The second kappa shape index (κ2) is 9.36. The molecule has 0 heterocycles. The maximum atomic E-state index is 12.8. The van der Waals surface area contributed by atoms with Gasteiger partial charge in [-0.1, -0.05) is 55.0 Å². The van der Waals surface area contributed by atoms with E-state index in [9.17, 15) is 19.5 Å². The van der Waals surface area contributed by atoms with Crippen molar-refractivity contribution in [3.05, 3.63) is 59.7 Å². The van der Waals surface area contributed by atoms with Crippen molar-refractivity contribution < 1.29 is 24.2 Å². The number of ether oxygens (including phenoxy) is 1. The summed E-state index contributed by atoms with van der Waals surface area (Å²) in [6, 6.07) is 15.9. The summed E-state index contributed by atoms with van der Waals surface area (Å²) in [6.07, 6.45) is 3.48. The lowest BCUT2D eigenvalue weighted by Gasteiger charge is -2.28. The monoisotopic (exact) mass is 476 g/mol. The van der Waals surface area contributed by atoms with Crippen molar-refractivity contribution in [1.82, 2.24) is 10.6 Å². The van der Waals surface area contributed by atoms with Gasteiger partial charge in [0.1, 0.15) is 6.61 Å². The summed E-state index contributed by atoms with van der Waals surface area (Å²) in [4.78, 5) is 37.1. The standard InChI is InChI=1S/C28H32N2O5/c1-28(26(32)33)14-6-11-24(28)30-25(31)17-12-13-18(15-17)29-27(34)35-16-23-21-9-4-2-7-19(21)20-8-3-5-10-22(20)23/h2-5,7-10,17-18,23-24H,6,11-16H2,1H3,(H,29,34)(H,30,31)(H,32,33)/t17-,18+,24?,28?/m0/s1. The molecule has 4 atom stereocenters. The van der Waals surface area contributed by atoms with E-state index in [2.05, 4.69) is 34.9 Å². The van der Waals surface area contributed by atoms with Crippen LogP contribution < -0.4 is 10.6 Å².